The second-order valence-corrected chi connectivity index (χ2v) is 4.26. The topological polar surface area (TPSA) is 64.4 Å². The number of ether oxygens (including phenoxy) is 1. The lowest BCUT2D eigenvalue weighted by molar-refractivity contribution is -0.384. The average molecular weight is 238 g/mol. The monoisotopic (exact) mass is 238 g/mol. The second-order valence-electron chi connectivity index (χ2n) is 4.26. The number of nitro groups is 1. The van der Waals surface area contributed by atoms with Crippen molar-refractivity contribution < 1.29 is 9.66 Å². The van der Waals surface area contributed by atoms with Crippen molar-refractivity contribution in [3.05, 3.63) is 33.9 Å². The van der Waals surface area contributed by atoms with E-state index in [1.807, 2.05) is 13.0 Å². The Bertz CT molecular complexity index is 393. The minimum absolute atomic E-state index is 0.117. The lowest BCUT2D eigenvalue weighted by Crippen LogP contribution is -2.15. The zero-order valence-electron chi connectivity index (χ0n) is 10.4. The molecule has 1 unspecified atom stereocenters. The van der Waals surface area contributed by atoms with Crippen LogP contribution in [0.1, 0.15) is 12.5 Å². The maximum Gasteiger partial charge on any atom is 0.271 e. The molecule has 5 nitrogen and oxygen atoms in total. The Hall–Kier alpha value is -1.62. The number of non-ortho nitro benzene ring substituents is 1. The largest absolute Gasteiger partial charge is 0.384 e. The summed E-state index contributed by atoms with van der Waals surface area (Å²) in [4.78, 5) is 10.3. The van der Waals surface area contributed by atoms with Gasteiger partial charge in [-0.25, -0.2) is 0 Å². The van der Waals surface area contributed by atoms with Gasteiger partial charge in [0.1, 0.15) is 0 Å². The standard InChI is InChI=1S/C12H18N2O3/c1-9-4-11(6-12(5-9)14(15)16)13-7-10(2)8-17-3/h4-6,10,13H,7-8H2,1-3H3. The number of benzene rings is 1. The third-order valence-electron chi connectivity index (χ3n) is 2.38. The fraction of sp³-hybridized carbons (Fsp3) is 0.500. The van der Waals surface area contributed by atoms with Crippen molar-refractivity contribution >= 4 is 11.4 Å². The second kappa shape index (κ2) is 6.20. The molecule has 0 aliphatic rings. The van der Waals surface area contributed by atoms with Gasteiger partial charge in [0.05, 0.1) is 11.5 Å². The number of anilines is 1. The summed E-state index contributed by atoms with van der Waals surface area (Å²) in [5.41, 5.74) is 1.77. The fourth-order valence-corrected chi connectivity index (χ4v) is 1.61. The number of nitrogens with zero attached hydrogens (tertiary/aromatic N) is 1. The van der Waals surface area contributed by atoms with E-state index in [2.05, 4.69) is 12.2 Å². The summed E-state index contributed by atoms with van der Waals surface area (Å²) in [7, 11) is 1.66. The van der Waals surface area contributed by atoms with Crippen molar-refractivity contribution in [1.82, 2.24) is 0 Å². The van der Waals surface area contributed by atoms with Crippen LogP contribution < -0.4 is 5.32 Å². The van der Waals surface area contributed by atoms with Gasteiger partial charge in [-0.1, -0.05) is 6.92 Å². The van der Waals surface area contributed by atoms with Crippen LogP contribution in [0.25, 0.3) is 0 Å². The summed E-state index contributed by atoms with van der Waals surface area (Å²) in [6.45, 7) is 5.30. The molecule has 0 aliphatic heterocycles. The minimum Gasteiger partial charge on any atom is -0.384 e. The van der Waals surface area contributed by atoms with Crippen LogP contribution in [0, 0.1) is 23.0 Å². The molecule has 1 N–H and O–H groups in total. The van der Waals surface area contributed by atoms with Gasteiger partial charge < -0.3 is 10.1 Å². The highest BCUT2D eigenvalue weighted by atomic mass is 16.6. The maximum atomic E-state index is 10.7. The van der Waals surface area contributed by atoms with Crippen molar-refractivity contribution in [3.8, 4) is 0 Å². The lowest BCUT2D eigenvalue weighted by Gasteiger charge is -2.12. The number of aryl methyl sites for hydroxylation is 1. The van der Waals surface area contributed by atoms with E-state index in [9.17, 15) is 10.1 Å². The Balaban J connectivity index is 2.68. The Morgan fingerprint density at radius 2 is 2.18 bits per heavy atom. The smallest absolute Gasteiger partial charge is 0.271 e. The first-order valence-electron chi connectivity index (χ1n) is 5.52. The van der Waals surface area contributed by atoms with E-state index in [-0.39, 0.29) is 10.6 Å². The van der Waals surface area contributed by atoms with Crippen molar-refractivity contribution in [1.29, 1.82) is 0 Å². The van der Waals surface area contributed by atoms with E-state index >= 15 is 0 Å². The van der Waals surface area contributed by atoms with E-state index in [0.29, 0.717) is 12.5 Å². The molecule has 0 aliphatic carbocycles. The summed E-state index contributed by atoms with van der Waals surface area (Å²) >= 11 is 0. The molecule has 0 amide bonds. The van der Waals surface area contributed by atoms with Crippen LogP contribution in [0.15, 0.2) is 18.2 Å². The summed E-state index contributed by atoms with van der Waals surface area (Å²) in [6, 6.07) is 5.00. The molecule has 1 rings (SSSR count). The average Bonchev–Trinajstić information content (AvgIpc) is 2.26. The Labute approximate surface area is 101 Å². The number of hydrogen-bond acceptors (Lipinski definition) is 4. The quantitative estimate of drug-likeness (QED) is 0.611. The molecule has 0 spiro atoms. The van der Waals surface area contributed by atoms with Gasteiger partial charge >= 0.3 is 0 Å². The molecule has 94 valence electrons. The summed E-state index contributed by atoms with van der Waals surface area (Å²) < 4.78 is 5.03. The van der Waals surface area contributed by atoms with Crippen molar-refractivity contribution in [2.24, 2.45) is 5.92 Å². The molecule has 17 heavy (non-hydrogen) atoms. The molecule has 0 radical (unpaired) electrons. The highest BCUT2D eigenvalue weighted by molar-refractivity contribution is 5.53. The summed E-state index contributed by atoms with van der Waals surface area (Å²) in [5, 5.41) is 13.9. The number of hydrogen-bond donors (Lipinski definition) is 1. The van der Waals surface area contributed by atoms with Gasteiger partial charge in [0.2, 0.25) is 0 Å². The van der Waals surface area contributed by atoms with Crippen LogP contribution in [-0.4, -0.2) is 25.2 Å². The van der Waals surface area contributed by atoms with E-state index in [1.165, 1.54) is 0 Å². The Kier molecular flexibility index (Phi) is 4.90. The SMILES string of the molecule is COCC(C)CNc1cc(C)cc([N+](=O)[O-])c1. The van der Waals surface area contributed by atoms with E-state index in [0.717, 1.165) is 17.8 Å². The number of methoxy groups -OCH3 is 1. The molecule has 1 aromatic rings. The van der Waals surface area contributed by atoms with Crippen LogP contribution >= 0.6 is 0 Å². The summed E-state index contributed by atoms with van der Waals surface area (Å²) in [5.74, 6) is 0.361. The first kappa shape index (κ1) is 13.4. The number of rotatable bonds is 6. The van der Waals surface area contributed by atoms with E-state index in [1.54, 1.807) is 19.2 Å². The minimum atomic E-state index is -0.378. The van der Waals surface area contributed by atoms with Gasteiger partial charge in [-0.15, -0.1) is 0 Å². The van der Waals surface area contributed by atoms with E-state index < -0.39 is 0 Å². The van der Waals surface area contributed by atoms with Gasteiger partial charge in [-0.2, -0.15) is 0 Å². The predicted octanol–water partition coefficient (Wildman–Crippen LogP) is 2.60. The van der Waals surface area contributed by atoms with Crippen LogP contribution in [0.4, 0.5) is 11.4 Å². The van der Waals surface area contributed by atoms with Crippen LogP contribution in [0.2, 0.25) is 0 Å². The lowest BCUT2D eigenvalue weighted by atomic mass is 10.1. The predicted molar refractivity (Wildman–Crippen MR) is 67.4 cm³/mol. The van der Waals surface area contributed by atoms with Gasteiger partial charge in [-0.05, 0) is 24.5 Å². The fourth-order valence-electron chi connectivity index (χ4n) is 1.61. The Morgan fingerprint density at radius 3 is 2.76 bits per heavy atom. The van der Waals surface area contributed by atoms with Crippen LogP contribution in [0.5, 0.6) is 0 Å². The van der Waals surface area contributed by atoms with Crippen molar-refractivity contribution in [3.63, 3.8) is 0 Å². The van der Waals surface area contributed by atoms with Crippen LogP contribution in [0.3, 0.4) is 0 Å². The third-order valence-corrected chi connectivity index (χ3v) is 2.38. The van der Waals surface area contributed by atoms with E-state index in [4.69, 9.17) is 4.74 Å². The molecular weight excluding hydrogens is 220 g/mol. The molecule has 0 bridgehead atoms. The van der Waals surface area contributed by atoms with Crippen molar-refractivity contribution in [2.75, 3.05) is 25.6 Å². The summed E-state index contributed by atoms with van der Waals surface area (Å²) in [6.07, 6.45) is 0. The molecule has 0 saturated heterocycles. The first-order valence-corrected chi connectivity index (χ1v) is 5.52. The molecule has 0 saturated carbocycles. The molecule has 5 heteroatoms. The van der Waals surface area contributed by atoms with Gasteiger partial charge in [0, 0.05) is 31.5 Å². The van der Waals surface area contributed by atoms with Crippen molar-refractivity contribution in [2.45, 2.75) is 13.8 Å². The molecule has 0 aromatic heterocycles. The third kappa shape index (κ3) is 4.40. The van der Waals surface area contributed by atoms with Gasteiger partial charge in [0.25, 0.3) is 5.69 Å². The molecule has 0 fully saturated rings. The molecule has 0 heterocycles. The molecule has 1 atom stereocenters. The highest BCUT2D eigenvalue weighted by Gasteiger charge is 2.08. The highest BCUT2D eigenvalue weighted by Crippen LogP contribution is 2.20. The number of nitrogens with one attached hydrogen (secondary N) is 1. The molecule has 1 aromatic carbocycles. The normalized spacial score (nSPS) is 12.2. The van der Waals surface area contributed by atoms with Gasteiger partial charge in [0.15, 0.2) is 0 Å². The zero-order chi connectivity index (χ0) is 12.8. The van der Waals surface area contributed by atoms with Gasteiger partial charge in [-0.3, -0.25) is 10.1 Å². The van der Waals surface area contributed by atoms with Crippen LogP contribution in [-0.2, 0) is 4.74 Å². The molecular formula is C12H18N2O3. The zero-order valence-corrected chi connectivity index (χ0v) is 10.4. The first-order chi connectivity index (χ1) is 8.02. The Morgan fingerprint density at radius 1 is 1.47 bits per heavy atom. The maximum absolute atomic E-state index is 10.7. The number of nitro benzene ring substituents is 1.